The Bertz CT molecular complexity index is 288. The van der Waals surface area contributed by atoms with Crippen LogP contribution in [0.5, 0.6) is 0 Å². The molecule has 3 N–H and O–H groups in total. The van der Waals surface area contributed by atoms with Crippen molar-refractivity contribution in [3.8, 4) is 0 Å². The molecule has 5 heteroatoms. The van der Waals surface area contributed by atoms with Crippen molar-refractivity contribution in [3.05, 3.63) is 0 Å². The Hall–Kier alpha value is -1.10. The smallest absolute Gasteiger partial charge is 0.307 e. The number of rotatable bonds is 5. The van der Waals surface area contributed by atoms with Crippen molar-refractivity contribution < 1.29 is 19.8 Å². The van der Waals surface area contributed by atoms with Crippen LogP contribution in [0.4, 0.5) is 0 Å². The van der Waals surface area contributed by atoms with Crippen molar-refractivity contribution in [2.45, 2.75) is 39.2 Å². The van der Waals surface area contributed by atoms with Crippen LogP contribution in [0.1, 0.15) is 33.1 Å². The number of carboxylic acid groups (broad SMARTS) is 1. The van der Waals surface area contributed by atoms with E-state index in [2.05, 4.69) is 5.32 Å². The molecule has 98 valence electrons. The quantitative estimate of drug-likeness (QED) is 0.660. The van der Waals surface area contributed by atoms with Crippen LogP contribution in [0.2, 0.25) is 0 Å². The minimum absolute atomic E-state index is 0.109. The number of nitrogens with one attached hydrogen (secondary N) is 1. The molecule has 0 aliphatic heterocycles. The third-order valence-electron chi connectivity index (χ3n) is 3.51. The van der Waals surface area contributed by atoms with Gasteiger partial charge in [-0.3, -0.25) is 9.59 Å². The van der Waals surface area contributed by atoms with Gasteiger partial charge in [0.25, 0.3) is 0 Å². The summed E-state index contributed by atoms with van der Waals surface area (Å²) in [6.07, 6.45) is 1.82. The largest absolute Gasteiger partial charge is 0.481 e. The fourth-order valence-corrected chi connectivity index (χ4v) is 2.44. The second kappa shape index (κ2) is 6.00. The van der Waals surface area contributed by atoms with Gasteiger partial charge in [0.05, 0.1) is 24.5 Å². The van der Waals surface area contributed by atoms with Gasteiger partial charge in [-0.2, -0.15) is 0 Å². The molecule has 1 aliphatic carbocycles. The predicted octanol–water partition coefficient (Wildman–Crippen LogP) is 0.620. The first-order chi connectivity index (χ1) is 7.99. The molecule has 0 aromatic heterocycles. The lowest BCUT2D eigenvalue weighted by atomic mass is 9.95. The summed E-state index contributed by atoms with van der Waals surface area (Å²) in [6.45, 7) is 3.72. The summed E-state index contributed by atoms with van der Waals surface area (Å²) in [5, 5.41) is 20.8. The fraction of sp³-hybridized carbons (Fsp3) is 0.833. The number of hydrogen-bond acceptors (Lipinski definition) is 3. The summed E-state index contributed by atoms with van der Waals surface area (Å²) in [6, 6.07) is -0.271. The molecule has 0 radical (unpaired) electrons. The second-order valence-corrected chi connectivity index (χ2v) is 4.92. The Labute approximate surface area is 101 Å². The summed E-state index contributed by atoms with van der Waals surface area (Å²) in [5.41, 5.74) is 0. The average molecular weight is 243 g/mol. The lowest BCUT2D eigenvalue weighted by molar-refractivity contribution is -0.146. The third kappa shape index (κ3) is 3.43. The van der Waals surface area contributed by atoms with Crippen LogP contribution in [-0.4, -0.2) is 34.7 Å². The number of carboxylic acids is 1. The van der Waals surface area contributed by atoms with Crippen LogP contribution < -0.4 is 5.32 Å². The molecule has 0 bridgehead atoms. The molecule has 0 saturated heterocycles. The van der Waals surface area contributed by atoms with Crippen LogP contribution in [0.15, 0.2) is 0 Å². The van der Waals surface area contributed by atoms with Gasteiger partial charge < -0.3 is 15.5 Å². The molecule has 1 amide bonds. The van der Waals surface area contributed by atoms with Gasteiger partial charge in [0.1, 0.15) is 0 Å². The number of carbonyl (C=O) groups is 2. The summed E-state index contributed by atoms with van der Waals surface area (Å²) in [7, 11) is 0. The van der Waals surface area contributed by atoms with E-state index >= 15 is 0 Å². The molecule has 0 aromatic carbocycles. The zero-order chi connectivity index (χ0) is 13.0. The third-order valence-corrected chi connectivity index (χ3v) is 3.51. The van der Waals surface area contributed by atoms with Gasteiger partial charge in [-0.15, -0.1) is 0 Å². The highest BCUT2D eigenvalue weighted by Gasteiger charge is 2.41. The predicted molar refractivity (Wildman–Crippen MR) is 62.3 cm³/mol. The molecule has 4 atom stereocenters. The normalized spacial score (nSPS) is 29.9. The average Bonchev–Trinajstić information content (AvgIpc) is 2.68. The number of amides is 1. The monoisotopic (exact) mass is 243 g/mol. The van der Waals surface area contributed by atoms with E-state index in [1.165, 1.54) is 0 Å². The summed E-state index contributed by atoms with van der Waals surface area (Å²) >= 11 is 0. The Balaban J connectivity index is 2.64. The molecule has 1 fully saturated rings. The molecule has 0 aromatic rings. The first kappa shape index (κ1) is 14.0. The molecule has 1 aliphatic rings. The van der Waals surface area contributed by atoms with E-state index in [-0.39, 0.29) is 24.5 Å². The van der Waals surface area contributed by atoms with Crippen LogP contribution >= 0.6 is 0 Å². The number of hydrogen-bond donors (Lipinski definition) is 3. The van der Waals surface area contributed by atoms with Gasteiger partial charge in [-0.25, -0.2) is 0 Å². The maximum Gasteiger partial charge on any atom is 0.307 e. The topological polar surface area (TPSA) is 86.6 Å². The van der Waals surface area contributed by atoms with Crippen molar-refractivity contribution in [2.24, 2.45) is 17.8 Å². The fourth-order valence-electron chi connectivity index (χ4n) is 2.44. The van der Waals surface area contributed by atoms with E-state index < -0.39 is 17.8 Å². The summed E-state index contributed by atoms with van der Waals surface area (Å²) in [4.78, 5) is 23.0. The number of aliphatic hydroxyl groups is 1. The molecule has 0 spiro atoms. The Morgan fingerprint density at radius 3 is 2.41 bits per heavy atom. The van der Waals surface area contributed by atoms with E-state index in [1.807, 2.05) is 13.8 Å². The maximum absolute atomic E-state index is 11.9. The van der Waals surface area contributed by atoms with E-state index in [0.717, 1.165) is 0 Å². The van der Waals surface area contributed by atoms with Gasteiger partial charge in [-0.1, -0.05) is 13.8 Å². The standard InChI is InChI=1S/C12H21NO4/c1-3-8(6-14)13-11(15)9-4-7(2)5-10(9)12(16)17/h7-10,14H,3-6H2,1-2H3,(H,13,15)(H,16,17)/t7?,8-,9-,10+/m0/s1. The maximum atomic E-state index is 11.9. The van der Waals surface area contributed by atoms with Crippen LogP contribution in [0.25, 0.3) is 0 Å². The molecular formula is C12H21NO4. The molecule has 5 nitrogen and oxygen atoms in total. The first-order valence-electron chi connectivity index (χ1n) is 6.13. The zero-order valence-electron chi connectivity index (χ0n) is 10.3. The molecule has 17 heavy (non-hydrogen) atoms. The lowest BCUT2D eigenvalue weighted by Gasteiger charge is -2.20. The Morgan fingerprint density at radius 1 is 1.35 bits per heavy atom. The minimum Gasteiger partial charge on any atom is -0.481 e. The van der Waals surface area contributed by atoms with Gasteiger partial charge in [0.15, 0.2) is 0 Å². The van der Waals surface area contributed by atoms with Crippen molar-refractivity contribution in [1.82, 2.24) is 5.32 Å². The highest BCUT2D eigenvalue weighted by molar-refractivity contribution is 5.85. The van der Waals surface area contributed by atoms with Crippen molar-refractivity contribution in [3.63, 3.8) is 0 Å². The van der Waals surface area contributed by atoms with Crippen LogP contribution in [-0.2, 0) is 9.59 Å². The Kier molecular flexibility index (Phi) is 4.93. The van der Waals surface area contributed by atoms with E-state index in [0.29, 0.717) is 19.3 Å². The highest BCUT2D eigenvalue weighted by Crippen LogP contribution is 2.36. The van der Waals surface area contributed by atoms with Gasteiger partial charge >= 0.3 is 5.97 Å². The van der Waals surface area contributed by atoms with E-state index in [4.69, 9.17) is 10.2 Å². The lowest BCUT2D eigenvalue weighted by Crippen LogP contribution is -2.42. The SMILES string of the molecule is CC[C@@H](CO)NC(=O)[C@H]1CC(C)C[C@H]1C(=O)O. The van der Waals surface area contributed by atoms with Gasteiger partial charge in [-0.05, 0) is 25.2 Å². The van der Waals surface area contributed by atoms with Crippen molar-refractivity contribution in [2.75, 3.05) is 6.61 Å². The minimum atomic E-state index is -0.897. The molecule has 0 heterocycles. The van der Waals surface area contributed by atoms with Gasteiger partial charge in [0, 0.05) is 0 Å². The zero-order valence-corrected chi connectivity index (χ0v) is 10.3. The number of carbonyl (C=O) groups excluding carboxylic acids is 1. The summed E-state index contributed by atoms with van der Waals surface area (Å²) in [5.74, 6) is -1.90. The summed E-state index contributed by atoms with van der Waals surface area (Å²) < 4.78 is 0. The van der Waals surface area contributed by atoms with Crippen LogP contribution in [0, 0.1) is 17.8 Å². The molecule has 1 unspecified atom stereocenters. The number of aliphatic hydroxyl groups excluding tert-OH is 1. The van der Waals surface area contributed by atoms with Gasteiger partial charge in [0.2, 0.25) is 5.91 Å². The highest BCUT2D eigenvalue weighted by atomic mass is 16.4. The van der Waals surface area contributed by atoms with Crippen molar-refractivity contribution in [1.29, 1.82) is 0 Å². The Morgan fingerprint density at radius 2 is 1.94 bits per heavy atom. The first-order valence-corrected chi connectivity index (χ1v) is 6.13. The molecule has 1 saturated carbocycles. The van der Waals surface area contributed by atoms with Crippen LogP contribution in [0.3, 0.4) is 0 Å². The van der Waals surface area contributed by atoms with E-state index in [9.17, 15) is 9.59 Å². The molecular weight excluding hydrogens is 222 g/mol. The number of aliphatic carboxylic acids is 1. The van der Waals surface area contributed by atoms with Crippen molar-refractivity contribution >= 4 is 11.9 Å². The second-order valence-electron chi connectivity index (χ2n) is 4.92. The van der Waals surface area contributed by atoms with E-state index in [1.54, 1.807) is 0 Å². The molecule has 1 rings (SSSR count).